The Bertz CT molecular complexity index is 713. The summed E-state index contributed by atoms with van der Waals surface area (Å²) in [6, 6.07) is 17.1. The van der Waals surface area contributed by atoms with Crippen LogP contribution >= 0.6 is 0 Å². The number of rotatable bonds is 7. The lowest BCUT2D eigenvalue weighted by Crippen LogP contribution is -2.48. The van der Waals surface area contributed by atoms with Gasteiger partial charge in [0, 0.05) is 13.1 Å². The topological polar surface area (TPSA) is 49.4 Å². The number of benzene rings is 2. The second kappa shape index (κ2) is 9.02. The maximum absolute atomic E-state index is 13.0. The van der Waals surface area contributed by atoms with Gasteiger partial charge >= 0.3 is 0 Å². The minimum Gasteiger partial charge on any atom is -0.355 e. The molecule has 0 bridgehead atoms. The Balaban J connectivity index is 2.22. The van der Waals surface area contributed by atoms with Gasteiger partial charge in [0.05, 0.1) is 6.42 Å². The van der Waals surface area contributed by atoms with Crippen LogP contribution in [0, 0.1) is 6.92 Å². The quantitative estimate of drug-likeness (QED) is 0.843. The van der Waals surface area contributed by atoms with Crippen LogP contribution in [0.5, 0.6) is 0 Å². The van der Waals surface area contributed by atoms with Crippen molar-refractivity contribution < 1.29 is 9.59 Å². The van der Waals surface area contributed by atoms with Gasteiger partial charge in [-0.3, -0.25) is 9.59 Å². The van der Waals surface area contributed by atoms with E-state index in [1.54, 1.807) is 11.8 Å². The average Bonchev–Trinajstić information content (AvgIpc) is 2.62. The zero-order valence-corrected chi connectivity index (χ0v) is 15.2. The van der Waals surface area contributed by atoms with E-state index in [4.69, 9.17) is 0 Å². The average molecular weight is 338 g/mol. The van der Waals surface area contributed by atoms with Gasteiger partial charge in [-0.2, -0.15) is 0 Å². The maximum atomic E-state index is 13.0. The Morgan fingerprint density at radius 1 is 1.04 bits per heavy atom. The molecule has 1 atom stereocenters. The zero-order chi connectivity index (χ0) is 18.2. The second-order valence-corrected chi connectivity index (χ2v) is 6.18. The standard InChI is InChI=1S/C21H26N2O2/c1-4-22-21(25)17(3)23(15-18-11-6-5-7-12-18)20(24)14-19-13-9-8-10-16(19)2/h5-13,17H,4,14-15H2,1-3H3,(H,22,25). The van der Waals surface area contributed by atoms with Crippen molar-refractivity contribution in [3.8, 4) is 0 Å². The molecule has 25 heavy (non-hydrogen) atoms. The van der Waals surface area contributed by atoms with Crippen LogP contribution in [-0.4, -0.2) is 29.3 Å². The molecule has 0 saturated carbocycles. The third-order valence-electron chi connectivity index (χ3n) is 4.32. The molecule has 2 rings (SSSR count). The van der Waals surface area contributed by atoms with E-state index < -0.39 is 6.04 Å². The maximum Gasteiger partial charge on any atom is 0.242 e. The van der Waals surface area contributed by atoms with Crippen LogP contribution in [0.1, 0.15) is 30.5 Å². The first-order chi connectivity index (χ1) is 12.0. The van der Waals surface area contributed by atoms with Crippen molar-refractivity contribution in [1.29, 1.82) is 0 Å². The van der Waals surface area contributed by atoms with Gasteiger partial charge in [0.2, 0.25) is 11.8 Å². The number of amides is 2. The SMILES string of the molecule is CCNC(=O)C(C)N(Cc1ccccc1)C(=O)Cc1ccccc1C. The lowest BCUT2D eigenvalue weighted by molar-refractivity contribution is -0.140. The molecule has 0 aliphatic carbocycles. The van der Waals surface area contributed by atoms with Crippen LogP contribution in [0.25, 0.3) is 0 Å². The largest absolute Gasteiger partial charge is 0.355 e. The number of nitrogens with zero attached hydrogens (tertiary/aromatic N) is 1. The lowest BCUT2D eigenvalue weighted by Gasteiger charge is -2.29. The van der Waals surface area contributed by atoms with Gasteiger partial charge in [-0.25, -0.2) is 0 Å². The molecule has 0 aliphatic heterocycles. The molecule has 132 valence electrons. The molecule has 1 unspecified atom stereocenters. The summed E-state index contributed by atoms with van der Waals surface area (Å²) in [4.78, 5) is 26.9. The van der Waals surface area contributed by atoms with Crippen LogP contribution in [0.3, 0.4) is 0 Å². The molecule has 0 aromatic heterocycles. The summed E-state index contributed by atoms with van der Waals surface area (Å²) in [7, 11) is 0. The van der Waals surface area contributed by atoms with Crippen LogP contribution in [0.4, 0.5) is 0 Å². The Morgan fingerprint density at radius 2 is 1.68 bits per heavy atom. The third-order valence-corrected chi connectivity index (χ3v) is 4.32. The van der Waals surface area contributed by atoms with Crippen molar-refractivity contribution in [2.24, 2.45) is 0 Å². The molecule has 0 heterocycles. The summed E-state index contributed by atoms with van der Waals surface area (Å²) in [5, 5.41) is 2.81. The molecule has 4 heteroatoms. The van der Waals surface area contributed by atoms with Gasteiger partial charge in [0.1, 0.15) is 6.04 Å². The molecule has 2 amide bonds. The van der Waals surface area contributed by atoms with Crippen molar-refractivity contribution in [1.82, 2.24) is 10.2 Å². The summed E-state index contributed by atoms with van der Waals surface area (Å²) >= 11 is 0. The number of nitrogens with one attached hydrogen (secondary N) is 1. The highest BCUT2D eigenvalue weighted by atomic mass is 16.2. The van der Waals surface area contributed by atoms with Crippen molar-refractivity contribution >= 4 is 11.8 Å². The first kappa shape index (κ1) is 18.7. The van der Waals surface area contributed by atoms with E-state index in [1.807, 2.05) is 68.4 Å². The predicted octanol–water partition coefficient (Wildman–Crippen LogP) is 3.09. The van der Waals surface area contributed by atoms with E-state index >= 15 is 0 Å². The van der Waals surface area contributed by atoms with Crippen LogP contribution in [-0.2, 0) is 22.6 Å². The predicted molar refractivity (Wildman–Crippen MR) is 100 cm³/mol. The normalized spacial score (nSPS) is 11.6. The molecule has 1 N–H and O–H groups in total. The van der Waals surface area contributed by atoms with Crippen molar-refractivity contribution in [2.75, 3.05) is 6.54 Å². The second-order valence-electron chi connectivity index (χ2n) is 6.18. The van der Waals surface area contributed by atoms with E-state index in [1.165, 1.54) is 0 Å². The number of carbonyl (C=O) groups excluding carboxylic acids is 2. The van der Waals surface area contributed by atoms with Crippen LogP contribution in [0.2, 0.25) is 0 Å². The number of hydrogen-bond donors (Lipinski definition) is 1. The molecule has 0 saturated heterocycles. The van der Waals surface area contributed by atoms with Crippen LogP contribution < -0.4 is 5.32 Å². The third kappa shape index (κ3) is 5.18. The van der Waals surface area contributed by atoms with Crippen molar-refractivity contribution in [3.05, 3.63) is 71.3 Å². The highest BCUT2D eigenvalue weighted by Crippen LogP contribution is 2.14. The molecular weight excluding hydrogens is 312 g/mol. The minimum absolute atomic E-state index is 0.0445. The smallest absolute Gasteiger partial charge is 0.242 e. The lowest BCUT2D eigenvalue weighted by atomic mass is 10.0. The molecule has 0 fully saturated rings. The molecule has 2 aromatic rings. The summed E-state index contributed by atoms with van der Waals surface area (Å²) < 4.78 is 0. The van der Waals surface area contributed by atoms with Gasteiger partial charge in [-0.05, 0) is 37.5 Å². The van der Waals surface area contributed by atoms with Gasteiger partial charge in [-0.15, -0.1) is 0 Å². The summed E-state index contributed by atoms with van der Waals surface area (Å²) in [6.07, 6.45) is 0.295. The molecular formula is C21H26N2O2. The fraction of sp³-hybridized carbons (Fsp3) is 0.333. The van der Waals surface area contributed by atoms with Gasteiger partial charge in [0.25, 0.3) is 0 Å². The monoisotopic (exact) mass is 338 g/mol. The number of aryl methyl sites for hydroxylation is 1. The Kier molecular flexibility index (Phi) is 6.75. The molecule has 2 aromatic carbocycles. The number of hydrogen-bond acceptors (Lipinski definition) is 2. The fourth-order valence-electron chi connectivity index (χ4n) is 2.76. The highest BCUT2D eigenvalue weighted by molar-refractivity contribution is 5.88. The molecule has 0 spiro atoms. The summed E-state index contributed by atoms with van der Waals surface area (Å²) in [5.74, 6) is -0.173. The zero-order valence-electron chi connectivity index (χ0n) is 15.2. The van der Waals surface area contributed by atoms with Gasteiger partial charge in [-0.1, -0.05) is 54.6 Å². The van der Waals surface area contributed by atoms with E-state index in [0.29, 0.717) is 19.5 Å². The van der Waals surface area contributed by atoms with Crippen molar-refractivity contribution in [3.63, 3.8) is 0 Å². The van der Waals surface area contributed by atoms with Crippen LogP contribution in [0.15, 0.2) is 54.6 Å². The summed E-state index contributed by atoms with van der Waals surface area (Å²) in [6.45, 7) is 6.63. The first-order valence-corrected chi connectivity index (χ1v) is 8.68. The first-order valence-electron chi connectivity index (χ1n) is 8.68. The fourth-order valence-corrected chi connectivity index (χ4v) is 2.76. The summed E-state index contributed by atoms with van der Waals surface area (Å²) in [5.41, 5.74) is 3.09. The minimum atomic E-state index is -0.517. The Hall–Kier alpha value is -2.62. The van der Waals surface area contributed by atoms with E-state index in [2.05, 4.69) is 5.32 Å². The Morgan fingerprint density at radius 3 is 2.32 bits per heavy atom. The molecule has 4 nitrogen and oxygen atoms in total. The van der Waals surface area contributed by atoms with Gasteiger partial charge < -0.3 is 10.2 Å². The Labute approximate surface area is 149 Å². The van der Waals surface area contributed by atoms with Gasteiger partial charge in [0.15, 0.2) is 0 Å². The van der Waals surface area contributed by atoms with E-state index in [-0.39, 0.29) is 11.8 Å². The number of likely N-dealkylation sites (N-methyl/N-ethyl adjacent to an activating group) is 1. The molecule has 0 radical (unpaired) electrons. The van der Waals surface area contributed by atoms with E-state index in [0.717, 1.165) is 16.7 Å². The van der Waals surface area contributed by atoms with E-state index in [9.17, 15) is 9.59 Å². The molecule has 0 aliphatic rings. The highest BCUT2D eigenvalue weighted by Gasteiger charge is 2.26. The van der Waals surface area contributed by atoms with Crippen molar-refractivity contribution in [2.45, 2.75) is 39.8 Å². The number of carbonyl (C=O) groups is 2.